The molecule has 8 atom stereocenters. The molecule has 7 heteroatoms. The predicted octanol–water partition coefficient (Wildman–Crippen LogP) is 13.4. The lowest BCUT2D eigenvalue weighted by atomic mass is 9.47. The Bertz CT molecular complexity index is 2370. The Labute approximate surface area is 361 Å². The lowest BCUT2D eigenvalue weighted by Gasteiger charge is -2.58. The molecular formula is C54H62N2O5. The van der Waals surface area contributed by atoms with Gasteiger partial charge in [0.15, 0.2) is 11.5 Å². The molecule has 0 radical (unpaired) electrons. The summed E-state index contributed by atoms with van der Waals surface area (Å²) >= 11 is 0. The molecule has 10 rings (SSSR count). The minimum absolute atomic E-state index is 0.0212. The third-order valence-corrected chi connectivity index (χ3v) is 16.7. The topological polar surface area (TPSA) is 76.2 Å². The van der Waals surface area contributed by atoms with Crippen molar-refractivity contribution < 1.29 is 23.9 Å². The number of imide groups is 1. The van der Waals surface area contributed by atoms with Gasteiger partial charge in [-0.05, 0) is 134 Å². The van der Waals surface area contributed by atoms with Crippen molar-refractivity contribution in [2.75, 3.05) is 11.4 Å². The van der Waals surface area contributed by atoms with Crippen LogP contribution in [0, 0.1) is 46.3 Å². The van der Waals surface area contributed by atoms with Gasteiger partial charge < -0.3 is 14.4 Å². The molecule has 0 N–H and O–H groups in total. The number of carbonyl (C=O) groups is 3. The molecule has 0 spiro atoms. The van der Waals surface area contributed by atoms with Gasteiger partial charge in [0.25, 0.3) is 11.8 Å². The summed E-state index contributed by atoms with van der Waals surface area (Å²) < 4.78 is 12.4. The fourth-order valence-electron chi connectivity index (χ4n) is 13.7. The Kier molecular flexibility index (Phi) is 10.2. The average molecular weight is 819 g/mol. The van der Waals surface area contributed by atoms with E-state index >= 15 is 0 Å². The summed E-state index contributed by atoms with van der Waals surface area (Å²) in [5.41, 5.74) is 5.63. The molecule has 0 bridgehead atoms. The summed E-state index contributed by atoms with van der Waals surface area (Å²) in [4.78, 5) is 45.1. The highest BCUT2D eigenvalue weighted by Gasteiger charge is 2.59. The first kappa shape index (κ1) is 40.2. The first-order chi connectivity index (χ1) is 29.5. The lowest BCUT2D eigenvalue weighted by molar-refractivity contribution is -0.151. The number of amides is 2. The largest absolute Gasteiger partial charge is 0.462 e. The maximum Gasteiger partial charge on any atom is 0.307 e. The monoisotopic (exact) mass is 818 g/mol. The molecule has 2 heterocycles. The van der Waals surface area contributed by atoms with Gasteiger partial charge >= 0.3 is 5.97 Å². The van der Waals surface area contributed by atoms with E-state index in [1.54, 1.807) is 6.07 Å². The van der Waals surface area contributed by atoms with E-state index in [0.29, 0.717) is 27.8 Å². The second-order valence-corrected chi connectivity index (χ2v) is 20.4. The van der Waals surface area contributed by atoms with E-state index < -0.39 is 0 Å². The van der Waals surface area contributed by atoms with Crippen LogP contribution in [0.25, 0.3) is 10.8 Å². The van der Waals surface area contributed by atoms with E-state index in [1.807, 2.05) is 72.8 Å². The van der Waals surface area contributed by atoms with Crippen molar-refractivity contribution in [2.24, 2.45) is 46.3 Å². The van der Waals surface area contributed by atoms with Crippen molar-refractivity contribution in [2.45, 2.75) is 118 Å². The molecule has 0 aromatic heterocycles. The molecule has 318 valence electrons. The molecule has 0 unspecified atom stereocenters. The summed E-state index contributed by atoms with van der Waals surface area (Å²) in [5.74, 6) is 5.07. The van der Waals surface area contributed by atoms with Crippen LogP contribution in [-0.2, 0) is 9.53 Å². The highest BCUT2D eigenvalue weighted by atomic mass is 16.5. The minimum atomic E-state index is -0.385. The normalized spacial score (nSPS) is 29.2. The zero-order chi connectivity index (χ0) is 42.2. The number of rotatable bonds is 10. The van der Waals surface area contributed by atoms with Crippen LogP contribution in [0.3, 0.4) is 0 Å². The van der Waals surface area contributed by atoms with Gasteiger partial charge in [-0.2, -0.15) is 0 Å². The third kappa shape index (κ3) is 6.63. The van der Waals surface area contributed by atoms with Gasteiger partial charge in [-0.25, -0.2) is 0 Å². The molecule has 4 aliphatic carbocycles. The Morgan fingerprint density at radius 3 is 2.25 bits per heavy atom. The van der Waals surface area contributed by atoms with Crippen LogP contribution < -0.4 is 9.64 Å². The highest BCUT2D eigenvalue weighted by molar-refractivity contribution is 6.27. The summed E-state index contributed by atoms with van der Waals surface area (Å²) in [6, 6.07) is 25.1. The number of carbonyl (C=O) groups excluding carboxylic acids is 3. The van der Waals surface area contributed by atoms with Crippen LogP contribution >= 0.6 is 0 Å². The summed E-state index contributed by atoms with van der Waals surface area (Å²) in [6.07, 6.45) is 15.7. The summed E-state index contributed by atoms with van der Waals surface area (Å²) in [7, 11) is 0. The highest BCUT2D eigenvalue weighted by Crippen LogP contribution is 2.67. The van der Waals surface area contributed by atoms with Crippen molar-refractivity contribution in [3.05, 3.63) is 102 Å². The Balaban J connectivity index is 0.802. The van der Waals surface area contributed by atoms with E-state index in [-0.39, 0.29) is 42.3 Å². The van der Waals surface area contributed by atoms with Gasteiger partial charge in [0.1, 0.15) is 6.10 Å². The first-order valence-corrected chi connectivity index (χ1v) is 23.4. The second-order valence-electron chi connectivity index (χ2n) is 20.4. The van der Waals surface area contributed by atoms with Crippen LogP contribution in [0.1, 0.15) is 132 Å². The second kappa shape index (κ2) is 15.5. The average Bonchev–Trinajstić information content (AvgIpc) is 3.62. The number of hydrogen-bond acceptors (Lipinski definition) is 6. The SMILES string of the molecule is CC(C)CCC[C@@H](C)[C@H]1CC[C@H]2[C@@H]3CC=C4C[C@@H](OC(=O)CCN5C(=O)c6cccc7c(N8c9ccccc9Oc9ccccc98)ccc(c67)C5=O)CC[C@]4(C)[C@H]3CC[C@]12C. The van der Waals surface area contributed by atoms with Gasteiger partial charge in [-0.1, -0.05) is 102 Å². The van der Waals surface area contributed by atoms with Gasteiger partial charge in [0, 0.05) is 34.9 Å². The van der Waals surface area contributed by atoms with Crippen LogP contribution in [0.5, 0.6) is 11.5 Å². The van der Waals surface area contributed by atoms with Crippen molar-refractivity contribution in [1.29, 1.82) is 0 Å². The zero-order valence-corrected chi connectivity index (χ0v) is 36.8. The lowest BCUT2D eigenvalue weighted by Crippen LogP contribution is -2.51. The number of allylic oxidation sites excluding steroid dienone is 1. The number of nitrogens with zero attached hydrogens (tertiary/aromatic N) is 2. The van der Waals surface area contributed by atoms with Gasteiger partial charge in [-0.3, -0.25) is 19.3 Å². The molecule has 4 aromatic carbocycles. The number of benzene rings is 4. The fourth-order valence-corrected chi connectivity index (χ4v) is 13.7. The van der Waals surface area contributed by atoms with Crippen LogP contribution in [0.15, 0.2) is 90.5 Å². The van der Waals surface area contributed by atoms with E-state index in [1.165, 1.54) is 55.4 Å². The molecular weight excluding hydrogens is 757 g/mol. The maximum atomic E-state index is 14.1. The molecule has 3 saturated carbocycles. The molecule has 0 saturated heterocycles. The van der Waals surface area contributed by atoms with Gasteiger partial charge in [0.05, 0.1) is 23.5 Å². The quantitative estimate of drug-likeness (QED) is 0.0794. The maximum absolute atomic E-state index is 14.1. The van der Waals surface area contributed by atoms with Crippen LogP contribution in [0.2, 0.25) is 0 Å². The van der Waals surface area contributed by atoms with Crippen LogP contribution in [0.4, 0.5) is 17.1 Å². The van der Waals surface area contributed by atoms with Crippen molar-refractivity contribution in [1.82, 2.24) is 4.90 Å². The Morgan fingerprint density at radius 1 is 0.787 bits per heavy atom. The summed E-state index contributed by atoms with van der Waals surface area (Å²) in [6.45, 7) is 12.4. The number of anilines is 3. The fraction of sp³-hybridized carbons (Fsp3) is 0.500. The third-order valence-electron chi connectivity index (χ3n) is 16.7. The smallest absolute Gasteiger partial charge is 0.307 e. The Morgan fingerprint density at radius 2 is 1.51 bits per heavy atom. The summed E-state index contributed by atoms with van der Waals surface area (Å²) in [5, 5.41) is 1.43. The molecule has 2 amide bonds. The molecule has 3 fully saturated rings. The first-order valence-electron chi connectivity index (χ1n) is 23.4. The molecule has 6 aliphatic rings. The Hall–Kier alpha value is -4.91. The van der Waals surface area contributed by atoms with E-state index in [0.717, 1.165) is 89.2 Å². The van der Waals surface area contributed by atoms with Gasteiger partial charge in [0.2, 0.25) is 0 Å². The predicted molar refractivity (Wildman–Crippen MR) is 242 cm³/mol. The van der Waals surface area contributed by atoms with Crippen molar-refractivity contribution in [3.8, 4) is 11.5 Å². The minimum Gasteiger partial charge on any atom is -0.462 e. The molecule has 2 aliphatic heterocycles. The molecule has 61 heavy (non-hydrogen) atoms. The van der Waals surface area contributed by atoms with E-state index in [4.69, 9.17) is 9.47 Å². The number of fused-ring (bicyclic) bond motifs is 7. The number of esters is 1. The van der Waals surface area contributed by atoms with Gasteiger partial charge in [-0.15, -0.1) is 0 Å². The van der Waals surface area contributed by atoms with Crippen molar-refractivity contribution >= 4 is 45.6 Å². The van der Waals surface area contributed by atoms with E-state index in [2.05, 4.69) is 45.6 Å². The number of hydrogen-bond donors (Lipinski definition) is 0. The molecule has 4 aromatic rings. The zero-order valence-electron chi connectivity index (χ0n) is 36.8. The van der Waals surface area contributed by atoms with Crippen molar-refractivity contribution in [3.63, 3.8) is 0 Å². The van der Waals surface area contributed by atoms with E-state index in [9.17, 15) is 14.4 Å². The number of ether oxygens (including phenoxy) is 2. The van der Waals surface area contributed by atoms with Crippen LogP contribution in [-0.4, -0.2) is 35.3 Å². The standard InChI is InChI=1S/C54H62N2O5/c1-33(2)12-10-13-34(3)41-23-24-42-37-21-20-35-32-36(26-29-53(35,4)43(37)27-30-54(41,42)5)60-49(57)28-31-55-51(58)39-15-11-14-38-44(25-22-40(50(38)39)52(55)59)56-45-16-6-8-18-47(45)61-48-19-9-7-17-46(48)56/h6-9,11,14-20,22,25,33-34,36-37,41-43H,10,12-13,21,23-24,26-32H2,1-5H3/t34-,36+,37+,41-,42+,43+,53+,54-/m1/s1. The number of para-hydroxylation sites is 4. The molecule has 7 nitrogen and oxygen atoms in total.